The first-order chi connectivity index (χ1) is 5.25. The fourth-order valence-electron chi connectivity index (χ4n) is 0.468. The van der Waals surface area contributed by atoms with Crippen molar-refractivity contribution < 1.29 is 27.9 Å². The Kier molecular flexibility index (Phi) is 3.00. The van der Waals surface area contributed by atoms with Crippen LogP contribution in [0.2, 0.25) is 0 Å². The van der Waals surface area contributed by atoms with Gasteiger partial charge in [0.15, 0.2) is 5.78 Å². The predicted molar refractivity (Wildman–Crippen MR) is 32.5 cm³/mol. The third kappa shape index (κ3) is 3.18. The second-order valence-electron chi connectivity index (χ2n) is 1.97. The summed E-state index contributed by atoms with van der Waals surface area (Å²) in [4.78, 5) is 20.1. The number of carboxylic acids is 1. The highest BCUT2D eigenvalue weighted by Gasteiger charge is 2.38. The summed E-state index contributed by atoms with van der Waals surface area (Å²) >= 11 is 0. The first-order valence-corrected chi connectivity index (χ1v) is 2.78. The molecule has 0 unspecified atom stereocenters. The molecule has 6 heteroatoms. The summed E-state index contributed by atoms with van der Waals surface area (Å²) in [5, 5.41) is 8.02. The van der Waals surface area contributed by atoms with Crippen molar-refractivity contribution in [3.8, 4) is 0 Å². The van der Waals surface area contributed by atoms with Gasteiger partial charge in [0.2, 0.25) is 0 Å². The number of hydrogen-bond acceptors (Lipinski definition) is 2. The molecule has 3 nitrogen and oxygen atoms in total. The number of carbonyl (C=O) groups is 2. The fraction of sp³-hybridized carbons (Fsp3) is 0.333. The molecule has 0 rings (SSSR count). The number of alkyl halides is 3. The molecule has 0 aromatic heterocycles. The van der Waals surface area contributed by atoms with Crippen LogP contribution in [-0.4, -0.2) is 23.0 Å². The van der Waals surface area contributed by atoms with Crippen LogP contribution in [0.4, 0.5) is 13.2 Å². The molecule has 0 aromatic carbocycles. The highest BCUT2D eigenvalue weighted by atomic mass is 19.4. The van der Waals surface area contributed by atoms with Gasteiger partial charge >= 0.3 is 12.1 Å². The SMILES string of the molecule is CC(=O)/C=C(/C(=O)O)C(F)(F)F. The number of rotatable bonds is 2. The van der Waals surface area contributed by atoms with E-state index in [1.54, 1.807) is 0 Å². The summed E-state index contributed by atoms with van der Waals surface area (Å²) in [6, 6.07) is 0. The van der Waals surface area contributed by atoms with E-state index in [1.165, 1.54) is 0 Å². The molecular weight excluding hydrogens is 177 g/mol. The van der Waals surface area contributed by atoms with Crippen LogP contribution >= 0.6 is 0 Å². The molecule has 0 radical (unpaired) electrons. The second kappa shape index (κ2) is 3.38. The molecule has 0 heterocycles. The first-order valence-electron chi connectivity index (χ1n) is 2.78. The van der Waals surface area contributed by atoms with Crippen molar-refractivity contribution >= 4 is 11.8 Å². The van der Waals surface area contributed by atoms with E-state index in [0.29, 0.717) is 0 Å². The Hall–Kier alpha value is -1.33. The molecule has 12 heavy (non-hydrogen) atoms. The van der Waals surface area contributed by atoms with Crippen molar-refractivity contribution in [3.63, 3.8) is 0 Å². The zero-order valence-corrected chi connectivity index (χ0v) is 5.97. The Bertz CT molecular complexity index is 239. The monoisotopic (exact) mass is 182 g/mol. The van der Waals surface area contributed by atoms with Gasteiger partial charge in [-0.2, -0.15) is 13.2 Å². The van der Waals surface area contributed by atoms with Crippen LogP contribution in [0.1, 0.15) is 6.92 Å². The minimum atomic E-state index is -4.99. The second-order valence-corrected chi connectivity index (χ2v) is 1.97. The highest BCUT2D eigenvalue weighted by Crippen LogP contribution is 2.25. The van der Waals surface area contributed by atoms with Gasteiger partial charge in [-0.25, -0.2) is 4.79 Å². The Balaban J connectivity index is 4.94. The molecule has 0 aliphatic heterocycles. The van der Waals surface area contributed by atoms with E-state index in [1.807, 2.05) is 0 Å². The van der Waals surface area contributed by atoms with E-state index in [0.717, 1.165) is 6.92 Å². The summed E-state index contributed by atoms with van der Waals surface area (Å²) in [5.41, 5.74) is -1.85. The molecule has 0 spiro atoms. The number of carbonyl (C=O) groups excluding carboxylic acids is 1. The van der Waals surface area contributed by atoms with Gasteiger partial charge in [-0.3, -0.25) is 4.79 Å². The molecule has 0 fully saturated rings. The van der Waals surface area contributed by atoms with Gasteiger partial charge in [0.05, 0.1) is 0 Å². The van der Waals surface area contributed by atoms with Crippen molar-refractivity contribution in [1.29, 1.82) is 0 Å². The van der Waals surface area contributed by atoms with E-state index < -0.39 is 23.5 Å². The number of ketones is 1. The Morgan fingerprint density at radius 2 is 1.75 bits per heavy atom. The van der Waals surface area contributed by atoms with E-state index in [9.17, 15) is 22.8 Å². The standard InChI is InChI=1S/C6H5F3O3/c1-3(10)2-4(5(11)12)6(7,8)9/h2H,1H3,(H,11,12)/b4-2-. The molecule has 0 saturated carbocycles. The van der Waals surface area contributed by atoms with Crippen LogP contribution in [0.15, 0.2) is 11.6 Å². The fourth-order valence-corrected chi connectivity index (χ4v) is 0.468. The quantitative estimate of drug-likeness (QED) is 0.651. The zero-order valence-electron chi connectivity index (χ0n) is 5.97. The summed E-state index contributed by atoms with van der Waals surface area (Å²) in [6.45, 7) is 0.842. The molecule has 0 amide bonds. The Labute approximate surface area is 65.5 Å². The number of carboxylic acid groups (broad SMARTS) is 1. The summed E-state index contributed by atoms with van der Waals surface area (Å²) in [5.74, 6) is -3.11. The molecule has 0 bridgehead atoms. The molecular formula is C6H5F3O3. The topological polar surface area (TPSA) is 54.4 Å². The highest BCUT2D eigenvalue weighted by molar-refractivity contribution is 5.98. The lowest BCUT2D eigenvalue weighted by Gasteiger charge is -2.05. The van der Waals surface area contributed by atoms with Gasteiger partial charge in [0.25, 0.3) is 0 Å². The summed E-state index contributed by atoms with van der Waals surface area (Å²) in [7, 11) is 0. The Morgan fingerprint density at radius 3 is 1.83 bits per heavy atom. The molecule has 0 aliphatic rings. The van der Waals surface area contributed by atoms with Crippen LogP contribution in [0, 0.1) is 0 Å². The third-order valence-electron chi connectivity index (χ3n) is 0.883. The smallest absolute Gasteiger partial charge is 0.423 e. The number of allylic oxidation sites excluding steroid dienone is 1. The lowest BCUT2D eigenvalue weighted by molar-refractivity contribution is -0.145. The average molecular weight is 182 g/mol. The van der Waals surface area contributed by atoms with Gasteiger partial charge < -0.3 is 5.11 Å². The summed E-state index contributed by atoms with van der Waals surface area (Å²) in [6.07, 6.45) is -4.94. The molecule has 68 valence electrons. The van der Waals surface area contributed by atoms with E-state index in [4.69, 9.17) is 5.11 Å². The maximum Gasteiger partial charge on any atom is 0.423 e. The van der Waals surface area contributed by atoms with Crippen molar-refractivity contribution in [2.45, 2.75) is 13.1 Å². The minimum absolute atomic E-state index is 0.0440. The van der Waals surface area contributed by atoms with E-state index in [-0.39, 0.29) is 6.08 Å². The van der Waals surface area contributed by atoms with Gasteiger partial charge in [0, 0.05) is 6.08 Å². The van der Waals surface area contributed by atoms with Crippen LogP contribution < -0.4 is 0 Å². The maximum absolute atomic E-state index is 11.7. The number of halogens is 3. The molecule has 0 aliphatic carbocycles. The number of hydrogen-bond donors (Lipinski definition) is 1. The third-order valence-corrected chi connectivity index (χ3v) is 0.883. The van der Waals surface area contributed by atoms with Crippen molar-refractivity contribution in [2.24, 2.45) is 0 Å². The lowest BCUT2D eigenvalue weighted by Crippen LogP contribution is -2.20. The zero-order chi connectivity index (χ0) is 9.94. The van der Waals surface area contributed by atoms with Gasteiger partial charge in [-0.15, -0.1) is 0 Å². The minimum Gasteiger partial charge on any atom is -0.478 e. The van der Waals surface area contributed by atoms with Crippen LogP contribution in [-0.2, 0) is 9.59 Å². The maximum atomic E-state index is 11.7. The summed E-state index contributed by atoms with van der Waals surface area (Å²) < 4.78 is 35.2. The Morgan fingerprint density at radius 1 is 1.33 bits per heavy atom. The normalized spacial score (nSPS) is 12.8. The number of aliphatic carboxylic acids is 1. The van der Waals surface area contributed by atoms with Crippen LogP contribution in [0.5, 0.6) is 0 Å². The van der Waals surface area contributed by atoms with Gasteiger partial charge in [0.1, 0.15) is 5.57 Å². The molecule has 0 saturated heterocycles. The van der Waals surface area contributed by atoms with E-state index in [2.05, 4.69) is 0 Å². The first kappa shape index (κ1) is 10.7. The van der Waals surface area contributed by atoms with Crippen molar-refractivity contribution in [3.05, 3.63) is 11.6 Å². The van der Waals surface area contributed by atoms with Crippen LogP contribution in [0.3, 0.4) is 0 Å². The largest absolute Gasteiger partial charge is 0.478 e. The van der Waals surface area contributed by atoms with Crippen LogP contribution in [0.25, 0.3) is 0 Å². The van der Waals surface area contributed by atoms with Crippen molar-refractivity contribution in [1.82, 2.24) is 0 Å². The van der Waals surface area contributed by atoms with Gasteiger partial charge in [-0.05, 0) is 6.92 Å². The molecule has 0 atom stereocenters. The average Bonchev–Trinajstić information content (AvgIpc) is 1.79. The van der Waals surface area contributed by atoms with Gasteiger partial charge in [-0.1, -0.05) is 0 Å². The van der Waals surface area contributed by atoms with E-state index >= 15 is 0 Å². The molecule has 1 N–H and O–H groups in total. The van der Waals surface area contributed by atoms with Crippen molar-refractivity contribution in [2.75, 3.05) is 0 Å². The lowest BCUT2D eigenvalue weighted by atomic mass is 10.2. The molecule has 0 aromatic rings. The predicted octanol–water partition coefficient (Wildman–Crippen LogP) is 1.15.